The highest BCUT2D eigenvalue weighted by Crippen LogP contribution is 2.33. The average molecular weight is 334 g/mol. The first-order chi connectivity index (χ1) is 8.38. The number of hydrogen-bond acceptors (Lipinski definition) is 3. The third kappa shape index (κ3) is 3.32. The van der Waals surface area contributed by atoms with Gasteiger partial charge in [-0.2, -0.15) is 0 Å². The highest BCUT2D eigenvalue weighted by atomic mass is 79.9. The molecule has 1 N–H and O–H groups in total. The van der Waals surface area contributed by atoms with Crippen LogP contribution >= 0.6 is 27.3 Å². The zero-order valence-corrected chi connectivity index (χ0v) is 13.0. The number of aryl methyl sites for hydroxylation is 1. The molecule has 0 aliphatic carbocycles. The van der Waals surface area contributed by atoms with Crippen LogP contribution in [0.15, 0.2) is 10.5 Å². The highest BCUT2D eigenvalue weighted by Gasteiger charge is 2.30. The summed E-state index contributed by atoms with van der Waals surface area (Å²) in [6.45, 7) is 5.68. The Kier molecular flexibility index (Phi) is 5.34. The fraction of sp³-hybridized carbons (Fsp3) is 0.500. The largest absolute Gasteiger partial charge is 0.479 e. The molecule has 0 radical (unpaired) electrons. The van der Waals surface area contributed by atoms with E-state index < -0.39 is 12.0 Å². The normalized spacial score (nSPS) is 12.2. The lowest BCUT2D eigenvalue weighted by Crippen LogP contribution is -2.37. The number of thiophene rings is 1. The first kappa shape index (κ1) is 15.2. The molecule has 0 saturated carbocycles. The molecule has 4 nitrogen and oxygen atoms in total. The second-order valence-corrected chi connectivity index (χ2v) is 6.15. The van der Waals surface area contributed by atoms with Gasteiger partial charge in [-0.3, -0.25) is 4.79 Å². The topological polar surface area (TPSA) is 57.6 Å². The van der Waals surface area contributed by atoms with E-state index in [9.17, 15) is 14.7 Å². The summed E-state index contributed by atoms with van der Waals surface area (Å²) in [5.41, 5.74) is 0. The Balaban J connectivity index is 3.15. The number of carboxylic acid groups (broad SMARTS) is 1. The number of nitrogens with zero attached hydrogens (tertiary/aromatic N) is 1. The molecular weight excluding hydrogens is 318 g/mol. The number of aliphatic carboxylic acids is 1. The molecule has 1 amide bonds. The third-order valence-electron chi connectivity index (χ3n) is 2.56. The van der Waals surface area contributed by atoms with Crippen molar-refractivity contribution in [1.29, 1.82) is 0 Å². The van der Waals surface area contributed by atoms with Gasteiger partial charge in [0.2, 0.25) is 5.91 Å². The summed E-state index contributed by atoms with van der Waals surface area (Å²) in [6.07, 6.45) is 0.731. The first-order valence-electron chi connectivity index (χ1n) is 5.64. The zero-order chi connectivity index (χ0) is 13.9. The second kappa shape index (κ2) is 6.33. The van der Waals surface area contributed by atoms with Crippen LogP contribution in [0.4, 0.5) is 0 Å². The van der Waals surface area contributed by atoms with Crippen molar-refractivity contribution in [3.8, 4) is 0 Å². The standard InChI is InChI=1S/C12H16BrNO3S/c1-4-5-14(8(3)15)11(12(16)17)10-6-9(13)7(2)18-10/h6,11H,4-5H2,1-3H3,(H,16,17). The Bertz CT molecular complexity index is 439. The van der Waals surface area contributed by atoms with Gasteiger partial charge >= 0.3 is 5.97 Å². The lowest BCUT2D eigenvalue weighted by atomic mass is 10.2. The lowest BCUT2D eigenvalue weighted by Gasteiger charge is -2.26. The fourth-order valence-electron chi connectivity index (χ4n) is 1.73. The van der Waals surface area contributed by atoms with E-state index in [0.29, 0.717) is 11.4 Å². The molecule has 1 aromatic rings. The van der Waals surface area contributed by atoms with E-state index in [4.69, 9.17) is 0 Å². The molecule has 1 rings (SSSR count). The van der Waals surface area contributed by atoms with Gasteiger partial charge in [0.05, 0.1) is 0 Å². The summed E-state index contributed by atoms with van der Waals surface area (Å²) < 4.78 is 0.883. The van der Waals surface area contributed by atoms with Crippen LogP contribution in [0.2, 0.25) is 0 Å². The van der Waals surface area contributed by atoms with Gasteiger partial charge in [-0.05, 0) is 35.3 Å². The van der Waals surface area contributed by atoms with Crippen LogP contribution in [0.5, 0.6) is 0 Å². The van der Waals surface area contributed by atoms with E-state index in [2.05, 4.69) is 15.9 Å². The van der Waals surface area contributed by atoms with E-state index >= 15 is 0 Å². The van der Waals surface area contributed by atoms with E-state index in [1.165, 1.54) is 23.2 Å². The summed E-state index contributed by atoms with van der Waals surface area (Å²) in [6, 6.07) is 0.891. The Morgan fingerprint density at radius 3 is 2.50 bits per heavy atom. The van der Waals surface area contributed by atoms with Crippen molar-refractivity contribution in [3.63, 3.8) is 0 Å². The zero-order valence-electron chi connectivity index (χ0n) is 10.6. The molecule has 6 heteroatoms. The Hall–Kier alpha value is -0.880. The van der Waals surface area contributed by atoms with Gasteiger partial charge in [0.1, 0.15) is 0 Å². The Labute approximate surface area is 119 Å². The van der Waals surface area contributed by atoms with Gasteiger partial charge in [-0.1, -0.05) is 6.92 Å². The SMILES string of the molecule is CCCN(C(C)=O)C(C(=O)O)c1cc(Br)c(C)s1. The Morgan fingerprint density at radius 1 is 1.56 bits per heavy atom. The van der Waals surface area contributed by atoms with Gasteiger partial charge in [0, 0.05) is 27.7 Å². The molecule has 1 aromatic heterocycles. The minimum Gasteiger partial charge on any atom is -0.479 e. The monoisotopic (exact) mass is 333 g/mol. The van der Waals surface area contributed by atoms with Gasteiger partial charge in [0.25, 0.3) is 0 Å². The van der Waals surface area contributed by atoms with Gasteiger partial charge in [-0.25, -0.2) is 4.79 Å². The first-order valence-corrected chi connectivity index (χ1v) is 7.25. The summed E-state index contributed by atoms with van der Waals surface area (Å²) in [5.74, 6) is -1.21. The van der Waals surface area contributed by atoms with Crippen LogP contribution in [0, 0.1) is 6.92 Å². The van der Waals surface area contributed by atoms with Crippen LogP contribution in [0.1, 0.15) is 36.1 Å². The molecule has 0 spiro atoms. The molecule has 0 aromatic carbocycles. The quantitative estimate of drug-likeness (QED) is 0.900. The maximum atomic E-state index is 11.6. The maximum absolute atomic E-state index is 11.6. The molecule has 0 fully saturated rings. The van der Waals surface area contributed by atoms with E-state index in [1.54, 1.807) is 6.07 Å². The molecule has 1 unspecified atom stereocenters. The van der Waals surface area contributed by atoms with Crippen LogP contribution in [0.3, 0.4) is 0 Å². The molecule has 0 aliphatic rings. The molecule has 100 valence electrons. The van der Waals surface area contributed by atoms with E-state index in [-0.39, 0.29) is 5.91 Å². The van der Waals surface area contributed by atoms with Crippen molar-refractivity contribution in [2.24, 2.45) is 0 Å². The van der Waals surface area contributed by atoms with Gasteiger partial charge in [-0.15, -0.1) is 11.3 Å². The number of halogens is 1. The predicted octanol–water partition coefficient (Wildman–Crippen LogP) is 3.20. The number of hydrogen-bond donors (Lipinski definition) is 1. The smallest absolute Gasteiger partial charge is 0.331 e. The van der Waals surface area contributed by atoms with Gasteiger partial charge in [0.15, 0.2) is 6.04 Å². The van der Waals surface area contributed by atoms with Crippen molar-refractivity contribution >= 4 is 39.1 Å². The molecule has 18 heavy (non-hydrogen) atoms. The van der Waals surface area contributed by atoms with Crippen LogP contribution < -0.4 is 0 Å². The van der Waals surface area contributed by atoms with Crippen molar-refractivity contribution < 1.29 is 14.7 Å². The minimum absolute atomic E-state index is 0.216. The Morgan fingerprint density at radius 2 is 2.17 bits per heavy atom. The summed E-state index contributed by atoms with van der Waals surface area (Å²) >= 11 is 4.77. The lowest BCUT2D eigenvalue weighted by molar-refractivity contribution is -0.149. The minimum atomic E-state index is -0.993. The van der Waals surface area contributed by atoms with Crippen molar-refractivity contribution in [3.05, 3.63) is 20.3 Å². The summed E-state index contributed by atoms with van der Waals surface area (Å²) in [4.78, 5) is 26.1. The van der Waals surface area contributed by atoms with E-state index in [1.807, 2.05) is 13.8 Å². The number of rotatable bonds is 5. The average Bonchev–Trinajstić information content (AvgIpc) is 2.57. The fourth-order valence-corrected chi connectivity index (χ4v) is 3.40. The summed E-state index contributed by atoms with van der Waals surface area (Å²) in [7, 11) is 0. The van der Waals surface area contributed by atoms with Crippen molar-refractivity contribution in [2.75, 3.05) is 6.54 Å². The third-order valence-corrected chi connectivity index (χ3v) is 4.75. The molecular formula is C12H16BrNO3S. The predicted molar refractivity (Wildman–Crippen MR) is 74.8 cm³/mol. The summed E-state index contributed by atoms with van der Waals surface area (Å²) in [5, 5.41) is 9.37. The molecule has 0 bridgehead atoms. The van der Waals surface area contributed by atoms with E-state index in [0.717, 1.165) is 15.8 Å². The highest BCUT2D eigenvalue weighted by molar-refractivity contribution is 9.10. The number of carbonyl (C=O) groups is 2. The number of amides is 1. The van der Waals surface area contributed by atoms with Crippen LogP contribution in [0.25, 0.3) is 0 Å². The maximum Gasteiger partial charge on any atom is 0.331 e. The van der Waals surface area contributed by atoms with Crippen molar-refractivity contribution in [1.82, 2.24) is 4.90 Å². The molecule has 1 heterocycles. The van der Waals surface area contributed by atoms with Gasteiger partial charge < -0.3 is 10.0 Å². The van der Waals surface area contributed by atoms with Crippen LogP contribution in [-0.2, 0) is 9.59 Å². The second-order valence-electron chi connectivity index (χ2n) is 4.01. The molecule has 0 saturated heterocycles. The molecule has 1 atom stereocenters. The number of carbonyl (C=O) groups excluding carboxylic acids is 1. The molecule has 0 aliphatic heterocycles. The number of carboxylic acids is 1. The van der Waals surface area contributed by atoms with Crippen LogP contribution in [-0.4, -0.2) is 28.4 Å². The van der Waals surface area contributed by atoms with Crippen molar-refractivity contribution in [2.45, 2.75) is 33.2 Å².